The van der Waals surface area contributed by atoms with Gasteiger partial charge in [-0.15, -0.1) is 0 Å². The van der Waals surface area contributed by atoms with Crippen molar-refractivity contribution in [2.24, 2.45) is 11.8 Å². The van der Waals surface area contributed by atoms with Crippen LogP contribution in [0.4, 0.5) is 0 Å². The summed E-state index contributed by atoms with van der Waals surface area (Å²) in [5.74, 6) is 0.831. The Morgan fingerprint density at radius 1 is 1.55 bits per heavy atom. The van der Waals surface area contributed by atoms with Gasteiger partial charge >= 0.3 is 0 Å². The van der Waals surface area contributed by atoms with Gasteiger partial charge < -0.3 is 9.88 Å². The minimum absolute atomic E-state index is 0.113. The predicted molar refractivity (Wildman–Crippen MR) is 77.8 cm³/mol. The Kier molecular flexibility index (Phi) is 5.17. The van der Waals surface area contributed by atoms with Crippen LogP contribution in [0.3, 0.4) is 0 Å². The van der Waals surface area contributed by atoms with Gasteiger partial charge in [0.25, 0.3) is 10.0 Å². The molecule has 1 aliphatic heterocycles. The largest absolute Gasteiger partial charge is 0.336 e. The van der Waals surface area contributed by atoms with E-state index in [-0.39, 0.29) is 5.03 Å². The van der Waals surface area contributed by atoms with Crippen molar-refractivity contribution in [2.45, 2.75) is 38.3 Å². The smallest absolute Gasteiger partial charge is 0.259 e. The molecule has 1 aromatic heterocycles. The van der Waals surface area contributed by atoms with Crippen molar-refractivity contribution in [3.05, 3.63) is 12.5 Å². The summed E-state index contributed by atoms with van der Waals surface area (Å²) >= 11 is 0. The molecule has 6 nitrogen and oxygen atoms in total. The van der Waals surface area contributed by atoms with Crippen molar-refractivity contribution < 1.29 is 8.42 Å². The molecule has 2 N–H and O–H groups in total. The fourth-order valence-corrected chi connectivity index (χ4v) is 3.46. The van der Waals surface area contributed by atoms with Crippen molar-refractivity contribution in [3.8, 4) is 0 Å². The second-order valence-corrected chi connectivity index (χ2v) is 7.58. The maximum absolute atomic E-state index is 12.2. The number of nitrogens with one attached hydrogen (secondary N) is 2. The zero-order valence-electron chi connectivity index (χ0n) is 12.2. The van der Waals surface area contributed by atoms with E-state index in [1.807, 2.05) is 4.57 Å². The summed E-state index contributed by atoms with van der Waals surface area (Å²) in [4.78, 5) is 4.00. The molecule has 2 rings (SSSR count). The number of imidazole rings is 1. The highest BCUT2D eigenvalue weighted by Gasteiger charge is 2.20. The Morgan fingerprint density at radius 3 is 3.00 bits per heavy atom. The molecular formula is C13H24N4O2S. The standard InChI is InChI=1S/C13H24N4O2S/c1-11(2)8-17-9-13(15-10-17)20(18,19)16-7-12-4-3-5-14-6-12/h9-12,14,16H,3-8H2,1-2H3. The van der Waals surface area contributed by atoms with E-state index in [9.17, 15) is 8.42 Å². The zero-order chi connectivity index (χ0) is 14.6. The van der Waals surface area contributed by atoms with Gasteiger partial charge in [-0.3, -0.25) is 0 Å². The van der Waals surface area contributed by atoms with E-state index in [1.54, 1.807) is 12.5 Å². The van der Waals surface area contributed by atoms with Crippen LogP contribution in [0, 0.1) is 11.8 Å². The van der Waals surface area contributed by atoms with E-state index in [0.717, 1.165) is 32.5 Å². The Hall–Kier alpha value is -0.920. The van der Waals surface area contributed by atoms with E-state index >= 15 is 0 Å². The molecular weight excluding hydrogens is 276 g/mol. The van der Waals surface area contributed by atoms with Crippen molar-refractivity contribution in [3.63, 3.8) is 0 Å². The molecule has 1 atom stereocenters. The monoisotopic (exact) mass is 300 g/mol. The molecule has 7 heteroatoms. The highest BCUT2D eigenvalue weighted by atomic mass is 32.2. The first-order valence-electron chi connectivity index (χ1n) is 7.19. The van der Waals surface area contributed by atoms with Gasteiger partial charge in [0.15, 0.2) is 5.03 Å². The lowest BCUT2D eigenvalue weighted by Gasteiger charge is -2.22. The van der Waals surface area contributed by atoms with Crippen LogP contribution >= 0.6 is 0 Å². The number of hydrogen-bond acceptors (Lipinski definition) is 4. The van der Waals surface area contributed by atoms with Crippen molar-refractivity contribution in [2.75, 3.05) is 19.6 Å². The van der Waals surface area contributed by atoms with Crippen LogP contribution in [0.5, 0.6) is 0 Å². The van der Waals surface area contributed by atoms with Crippen LogP contribution < -0.4 is 10.0 Å². The normalized spacial score (nSPS) is 20.4. The summed E-state index contributed by atoms with van der Waals surface area (Å²) in [6.45, 7) is 7.33. The SMILES string of the molecule is CC(C)Cn1cnc(S(=O)(=O)NCC2CCCNC2)c1. The lowest BCUT2D eigenvalue weighted by atomic mass is 10.0. The molecule has 0 radical (unpaired) electrons. The average Bonchev–Trinajstić information content (AvgIpc) is 2.86. The van der Waals surface area contributed by atoms with Crippen LogP contribution in [0.15, 0.2) is 17.6 Å². The van der Waals surface area contributed by atoms with Crippen molar-refractivity contribution in [1.29, 1.82) is 0 Å². The molecule has 1 saturated heterocycles. The van der Waals surface area contributed by atoms with Gasteiger partial charge in [0.2, 0.25) is 0 Å². The number of piperidine rings is 1. The Balaban J connectivity index is 1.93. The summed E-state index contributed by atoms with van der Waals surface area (Å²) in [6.07, 6.45) is 5.35. The molecule has 0 aromatic carbocycles. The van der Waals surface area contributed by atoms with Gasteiger partial charge in [-0.05, 0) is 37.8 Å². The summed E-state index contributed by atoms with van der Waals surface area (Å²) in [5.41, 5.74) is 0. The lowest BCUT2D eigenvalue weighted by molar-refractivity contribution is 0.375. The highest BCUT2D eigenvalue weighted by Crippen LogP contribution is 2.11. The summed E-state index contributed by atoms with van der Waals surface area (Å²) in [5, 5.41) is 3.39. The molecule has 1 aromatic rings. The molecule has 0 bridgehead atoms. The Bertz CT molecular complexity index is 518. The van der Waals surface area contributed by atoms with E-state index in [0.29, 0.717) is 18.4 Å². The van der Waals surface area contributed by atoms with Gasteiger partial charge in [0.1, 0.15) is 0 Å². The maximum atomic E-state index is 12.2. The lowest BCUT2D eigenvalue weighted by Crippen LogP contribution is -2.38. The van der Waals surface area contributed by atoms with Crippen molar-refractivity contribution >= 4 is 10.0 Å². The number of hydrogen-bond donors (Lipinski definition) is 2. The van der Waals surface area contributed by atoms with Gasteiger partial charge in [-0.25, -0.2) is 18.1 Å². The number of aromatic nitrogens is 2. The highest BCUT2D eigenvalue weighted by molar-refractivity contribution is 7.89. The second-order valence-electron chi connectivity index (χ2n) is 5.87. The fraction of sp³-hybridized carbons (Fsp3) is 0.769. The number of sulfonamides is 1. The molecule has 0 aliphatic carbocycles. The van der Waals surface area contributed by atoms with Crippen molar-refractivity contribution in [1.82, 2.24) is 19.6 Å². The number of rotatable bonds is 6. The Morgan fingerprint density at radius 2 is 2.35 bits per heavy atom. The van der Waals surface area contributed by atoms with Crippen LogP contribution in [0.2, 0.25) is 0 Å². The molecule has 114 valence electrons. The molecule has 1 aliphatic rings. The minimum atomic E-state index is -3.48. The first-order chi connectivity index (χ1) is 9.47. The third-order valence-electron chi connectivity index (χ3n) is 3.42. The van der Waals surface area contributed by atoms with E-state index in [1.165, 1.54) is 0 Å². The first kappa shape index (κ1) is 15.5. The summed E-state index contributed by atoms with van der Waals surface area (Å²) in [6, 6.07) is 0. The van der Waals surface area contributed by atoms with Gasteiger partial charge in [0, 0.05) is 19.3 Å². The maximum Gasteiger partial charge on any atom is 0.259 e. The van der Waals surface area contributed by atoms with Gasteiger partial charge in [-0.1, -0.05) is 13.8 Å². The average molecular weight is 300 g/mol. The fourth-order valence-electron chi connectivity index (χ4n) is 2.40. The molecule has 1 unspecified atom stereocenters. The summed E-state index contributed by atoms with van der Waals surface area (Å²) in [7, 11) is -3.48. The molecule has 0 spiro atoms. The second kappa shape index (κ2) is 6.69. The molecule has 1 fully saturated rings. The quantitative estimate of drug-likeness (QED) is 0.815. The van der Waals surface area contributed by atoms with E-state index < -0.39 is 10.0 Å². The molecule has 0 amide bonds. The van der Waals surface area contributed by atoms with Gasteiger partial charge in [-0.2, -0.15) is 0 Å². The minimum Gasteiger partial charge on any atom is -0.336 e. The van der Waals surface area contributed by atoms with Crippen LogP contribution in [0.25, 0.3) is 0 Å². The van der Waals surface area contributed by atoms with Crippen LogP contribution in [0.1, 0.15) is 26.7 Å². The zero-order valence-corrected chi connectivity index (χ0v) is 13.0. The molecule has 20 heavy (non-hydrogen) atoms. The molecule has 0 saturated carbocycles. The topological polar surface area (TPSA) is 76.0 Å². The summed E-state index contributed by atoms with van der Waals surface area (Å²) < 4.78 is 28.8. The Labute approximate surface area is 121 Å². The van der Waals surface area contributed by atoms with Crippen LogP contribution in [-0.2, 0) is 16.6 Å². The van der Waals surface area contributed by atoms with E-state index in [4.69, 9.17) is 0 Å². The first-order valence-corrected chi connectivity index (χ1v) is 8.68. The molecule has 2 heterocycles. The predicted octanol–water partition coefficient (Wildman–Crippen LogP) is 0.817. The third kappa shape index (κ3) is 4.29. The third-order valence-corrected chi connectivity index (χ3v) is 4.73. The number of nitrogens with zero attached hydrogens (tertiary/aromatic N) is 2. The van der Waals surface area contributed by atoms with Gasteiger partial charge in [0.05, 0.1) is 6.33 Å². The van der Waals surface area contributed by atoms with E-state index in [2.05, 4.69) is 28.9 Å². The van der Waals surface area contributed by atoms with Crippen LogP contribution in [-0.4, -0.2) is 37.6 Å².